The van der Waals surface area contributed by atoms with E-state index in [-0.39, 0.29) is 11.5 Å². The summed E-state index contributed by atoms with van der Waals surface area (Å²) in [6.07, 6.45) is 1.83. The van der Waals surface area contributed by atoms with Crippen molar-refractivity contribution in [2.45, 2.75) is 47.0 Å². The number of hydrogen-bond acceptors (Lipinski definition) is 4. The molecule has 0 aliphatic rings. The maximum Gasteiger partial charge on any atom is 0.259 e. The molecule has 2 heterocycles. The first-order chi connectivity index (χ1) is 10.8. The molecule has 5 nitrogen and oxygen atoms in total. The van der Waals surface area contributed by atoms with Gasteiger partial charge in [-0.15, -0.1) is 11.3 Å². The normalized spacial score (nSPS) is 11.4. The van der Waals surface area contributed by atoms with Gasteiger partial charge in [0.2, 0.25) is 5.91 Å². The van der Waals surface area contributed by atoms with Gasteiger partial charge in [0.15, 0.2) is 0 Å². The average molecular weight is 335 g/mol. The van der Waals surface area contributed by atoms with Crippen LogP contribution in [-0.4, -0.2) is 34.4 Å². The van der Waals surface area contributed by atoms with Crippen LogP contribution in [0.3, 0.4) is 0 Å². The van der Waals surface area contributed by atoms with E-state index in [4.69, 9.17) is 0 Å². The van der Waals surface area contributed by atoms with Gasteiger partial charge in [0, 0.05) is 31.3 Å². The molecular weight excluding hydrogens is 310 g/mol. The summed E-state index contributed by atoms with van der Waals surface area (Å²) in [5.41, 5.74) is 0.891. The topological polar surface area (TPSA) is 66.1 Å². The third-order valence-electron chi connectivity index (χ3n) is 4.13. The fourth-order valence-electron chi connectivity index (χ4n) is 2.41. The molecule has 0 fully saturated rings. The average Bonchev–Trinajstić information content (AvgIpc) is 2.77. The molecule has 1 N–H and O–H groups in total. The van der Waals surface area contributed by atoms with Gasteiger partial charge >= 0.3 is 0 Å². The van der Waals surface area contributed by atoms with Gasteiger partial charge in [0.25, 0.3) is 5.56 Å². The molecule has 2 aromatic rings. The minimum Gasteiger partial charge on any atom is -0.346 e. The summed E-state index contributed by atoms with van der Waals surface area (Å²) in [5.74, 6) is 1.26. The highest BCUT2D eigenvalue weighted by Crippen LogP contribution is 2.25. The molecule has 0 aliphatic heterocycles. The first kappa shape index (κ1) is 17.7. The van der Waals surface area contributed by atoms with Crippen molar-refractivity contribution in [1.82, 2.24) is 14.9 Å². The monoisotopic (exact) mass is 335 g/mol. The number of hydrogen-bond donors (Lipinski definition) is 1. The molecule has 0 unspecified atom stereocenters. The van der Waals surface area contributed by atoms with Gasteiger partial charge in [-0.3, -0.25) is 9.59 Å². The molecule has 0 saturated carbocycles. The fraction of sp³-hybridized carbons (Fsp3) is 0.588. The van der Waals surface area contributed by atoms with Crippen molar-refractivity contribution in [1.29, 1.82) is 0 Å². The maximum atomic E-state index is 12.2. The lowest BCUT2D eigenvalue weighted by atomic mass is 10.1. The second kappa shape index (κ2) is 7.25. The summed E-state index contributed by atoms with van der Waals surface area (Å²) in [6.45, 7) is 9.00. The Labute approximate surface area is 140 Å². The van der Waals surface area contributed by atoms with Gasteiger partial charge in [0.1, 0.15) is 10.7 Å². The third kappa shape index (κ3) is 4.19. The molecule has 126 valence electrons. The van der Waals surface area contributed by atoms with E-state index in [1.54, 1.807) is 4.90 Å². The minimum absolute atomic E-state index is 0.0898. The van der Waals surface area contributed by atoms with Crippen molar-refractivity contribution < 1.29 is 4.79 Å². The second-order valence-corrected chi connectivity index (χ2v) is 7.68. The molecule has 6 heteroatoms. The Balaban J connectivity index is 2.05. The van der Waals surface area contributed by atoms with Crippen LogP contribution in [0, 0.1) is 19.8 Å². The van der Waals surface area contributed by atoms with Crippen LogP contribution in [-0.2, 0) is 11.2 Å². The number of nitrogens with one attached hydrogen (secondary N) is 1. The predicted molar refractivity (Wildman–Crippen MR) is 95.1 cm³/mol. The van der Waals surface area contributed by atoms with Gasteiger partial charge in [-0.25, -0.2) is 4.98 Å². The van der Waals surface area contributed by atoms with Crippen LogP contribution in [0.5, 0.6) is 0 Å². The van der Waals surface area contributed by atoms with Gasteiger partial charge in [-0.2, -0.15) is 0 Å². The van der Waals surface area contributed by atoms with E-state index in [9.17, 15) is 9.59 Å². The number of rotatable bonds is 6. The molecule has 2 rings (SSSR count). The number of carbonyl (C=O) groups is 1. The second-order valence-electron chi connectivity index (χ2n) is 6.47. The summed E-state index contributed by atoms with van der Waals surface area (Å²) in [5, 5.41) is 0.677. The zero-order valence-electron chi connectivity index (χ0n) is 14.5. The highest BCUT2D eigenvalue weighted by molar-refractivity contribution is 7.18. The molecule has 0 aromatic carbocycles. The number of aromatic amines is 1. The van der Waals surface area contributed by atoms with Crippen molar-refractivity contribution in [3.63, 3.8) is 0 Å². The van der Waals surface area contributed by atoms with Crippen LogP contribution in [0.1, 0.15) is 43.0 Å². The molecule has 0 saturated heterocycles. The van der Waals surface area contributed by atoms with Crippen molar-refractivity contribution in [3.05, 3.63) is 26.6 Å². The quantitative estimate of drug-likeness (QED) is 0.882. The van der Waals surface area contributed by atoms with Crippen LogP contribution in [0.15, 0.2) is 4.79 Å². The van der Waals surface area contributed by atoms with Crippen molar-refractivity contribution in [2.24, 2.45) is 5.92 Å². The Morgan fingerprint density at radius 2 is 2.04 bits per heavy atom. The number of fused-ring (bicyclic) bond motifs is 1. The highest BCUT2D eigenvalue weighted by atomic mass is 32.1. The molecule has 0 radical (unpaired) electrons. The smallest absolute Gasteiger partial charge is 0.259 e. The van der Waals surface area contributed by atoms with Crippen molar-refractivity contribution in [2.75, 3.05) is 13.6 Å². The highest BCUT2D eigenvalue weighted by Gasteiger charge is 2.14. The molecular formula is C17H25N3O2S. The number of carbonyl (C=O) groups excluding carboxylic acids is 1. The predicted octanol–water partition coefficient (Wildman–Crippen LogP) is 3.04. The molecule has 23 heavy (non-hydrogen) atoms. The zero-order chi connectivity index (χ0) is 17.1. The number of amides is 1. The van der Waals surface area contributed by atoms with E-state index >= 15 is 0 Å². The Hall–Kier alpha value is -1.69. The van der Waals surface area contributed by atoms with Crippen LogP contribution in [0.4, 0.5) is 0 Å². The van der Waals surface area contributed by atoms with E-state index in [2.05, 4.69) is 23.8 Å². The zero-order valence-corrected chi connectivity index (χ0v) is 15.3. The maximum absolute atomic E-state index is 12.2. The molecule has 0 atom stereocenters. The summed E-state index contributed by atoms with van der Waals surface area (Å²) in [4.78, 5) is 35.3. The third-order valence-corrected chi connectivity index (χ3v) is 5.23. The van der Waals surface area contributed by atoms with E-state index in [1.807, 2.05) is 20.9 Å². The lowest BCUT2D eigenvalue weighted by Crippen LogP contribution is -2.29. The number of nitrogens with zero attached hydrogens (tertiary/aromatic N) is 2. The summed E-state index contributed by atoms with van der Waals surface area (Å²) in [6, 6.07) is 0. The van der Waals surface area contributed by atoms with E-state index in [1.165, 1.54) is 11.3 Å². The van der Waals surface area contributed by atoms with Crippen molar-refractivity contribution >= 4 is 27.5 Å². The molecule has 0 spiro atoms. The van der Waals surface area contributed by atoms with E-state index < -0.39 is 0 Å². The largest absolute Gasteiger partial charge is 0.346 e. The summed E-state index contributed by atoms with van der Waals surface area (Å²) >= 11 is 1.53. The summed E-state index contributed by atoms with van der Waals surface area (Å²) in [7, 11) is 1.83. The Kier molecular flexibility index (Phi) is 5.57. The number of H-pyrrole nitrogens is 1. The van der Waals surface area contributed by atoms with Crippen LogP contribution < -0.4 is 5.56 Å². The van der Waals surface area contributed by atoms with Gasteiger partial charge in [0.05, 0.1) is 5.39 Å². The Morgan fingerprint density at radius 1 is 1.35 bits per heavy atom. The first-order valence-corrected chi connectivity index (χ1v) is 8.84. The van der Waals surface area contributed by atoms with Crippen molar-refractivity contribution in [3.8, 4) is 0 Å². The minimum atomic E-state index is -0.104. The lowest BCUT2D eigenvalue weighted by molar-refractivity contribution is -0.130. The first-order valence-electron chi connectivity index (χ1n) is 8.02. The van der Waals surface area contributed by atoms with Crippen LogP contribution in [0.2, 0.25) is 0 Å². The molecule has 2 aromatic heterocycles. The van der Waals surface area contributed by atoms with Crippen LogP contribution >= 0.6 is 11.3 Å². The molecule has 1 amide bonds. The molecule has 0 aliphatic carbocycles. The van der Waals surface area contributed by atoms with E-state index in [0.29, 0.717) is 30.0 Å². The Bertz CT molecular complexity index is 761. The van der Waals surface area contributed by atoms with Gasteiger partial charge in [-0.05, 0) is 31.7 Å². The SMILES string of the molecule is Cc1sc2nc(CCC(=O)N(C)CCC(C)C)[nH]c(=O)c2c1C. The van der Waals surface area contributed by atoms with Gasteiger partial charge in [-0.1, -0.05) is 13.8 Å². The van der Waals surface area contributed by atoms with Gasteiger partial charge < -0.3 is 9.88 Å². The van der Waals surface area contributed by atoms with E-state index in [0.717, 1.165) is 28.2 Å². The standard InChI is InChI=1S/C17H25N3O2S/c1-10(2)8-9-20(5)14(21)7-6-13-18-16(22)15-11(3)12(4)23-17(15)19-13/h10H,6-9H2,1-5H3,(H,18,19,22). The Morgan fingerprint density at radius 3 is 2.70 bits per heavy atom. The number of aromatic nitrogens is 2. The summed E-state index contributed by atoms with van der Waals surface area (Å²) < 4.78 is 0. The van der Waals surface area contributed by atoms with Crippen LogP contribution in [0.25, 0.3) is 10.2 Å². The number of thiophene rings is 1. The fourth-order valence-corrected chi connectivity index (χ4v) is 3.46. The molecule has 0 bridgehead atoms. The number of aryl methyl sites for hydroxylation is 3. The lowest BCUT2D eigenvalue weighted by Gasteiger charge is -2.18.